The highest BCUT2D eigenvalue weighted by atomic mass is 16.6. The van der Waals surface area contributed by atoms with E-state index < -0.39 is 0 Å². The predicted molar refractivity (Wildman–Crippen MR) is 225 cm³/mol. The van der Waals surface area contributed by atoms with Gasteiger partial charge in [0, 0.05) is 33.1 Å². The molecule has 7 aromatic carbocycles. The maximum atomic E-state index is 6.65. The molecule has 3 aliphatic rings. The minimum atomic E-state index is -0.113. The fourth-order valence-electron chi connectivity index (χ4n) is 9.16. The van der Waals surface area contributed by atoms with Gasteiger partial charge in [-0.2, -0.15) is 0 Å². The van der Waals surface area contributed by atoms with Crippen molar-refractivity contribution < 1.29 is 9.47 Å². The van der Waals surface area contributed by atoms with Gasteiger partial charge in [0.25, 0.3) is 0 Å². The molecule has 0 atom stereocenters. The molecule has 1 aromatic heterocycles. The van der Waals surface area contributed by atoms with Crippen molar-refractivity contribution in [3.63, 3.8) is 0 Å². The van der Waals surface area contributed by atoms with Gasteiger partial charge in [0.15, 0.2) is 28.8 Å². The first-order valence-corrected chi connectivity index (χ1v) is 19.3. The molecule has 0 saturated carbocycles. The molecule has 0 bridgehead atoms. The zero-order chi connectivity index (χ0) is 37.8. The number of fused-ring (bicyclic) bond motifs is 9. The van der Waals surface area contributed by atoms with Gasteiger partial charge < -0.3 is 9.47 Å². The maximum absolute atomic E-state index is 6.65. The van der Waals surface area contributed by atoms with Crippen LogP contribution in [0.15, 0.2) is 158 Å². The van der Waals surface area contributed by atoms with Crippen molar-refractivity contribution in [3.05, 3.63) is 180 Å². The molecule has 268 valence electrons. The van der Waals surface area contributed by atoms with Crippen molar-refractivity contribution in [2.24, 2.45) is 0 Å². The second-order valence-corrected chi connectivity index (χ2v) is 16.2. The molecule has 0 N–H and O–H groups in total. The molecule has 4 heteroatoms. The van der Waals surface area contributed by atoms with Crippen LogP contribution >= 0.6 is 0 Å². The third kappa shape index (κ3) is 4.85. The van der Waals surface area contributed by atoms with Crippen LogP contribution in [0.5, 0.6) is 23.0 Å². The van der Waals surface area contributed by atoms with E-state index >= 15 is 0 Å². The molecule has 56 heavy (non-hydrogen) atoms. The van der Waals surface area contributed by atoms with Crippen LogP contribution in [-0.2, 0) is 10.8 Å². The predicted octanol–water partition coefficient (Wildman–Crippen LogP) is 13.7. The molecule has 0 fully saturated rings. The molecule has 0 spiro atoms. The van der Waals surface area contributed by atoms with Crippen LogP contribution in [0.2, 0.25) is 0 Å². The smallest absolute Gasteiger partial charge is 0.178 e. The lowest BCUT2D eigenvalue weighted by atomic mass is 9.82. The average molecular weight is 723 g/mol. The number of aromatic nitrogens is 2. The van der Waals surface area contributed by atoms with E-state index in [-0.39, 0.29) is 10.8 Å². The summed E-state index contributed by atoms with van der Waals surface area (Å²) in [6.45, 7) is 9.17. The molecule has 0 saturated heterocycles. The van der Waals surface area contributed by atoms with E-state index in [1.54, 1.807) is 0 Å². The third-order valence-electron chi connectivity index (χ3n) is 12.2. The fraction of sp³-hybridized carbons (Fsp3) is 0.115. The highest BCUT2D eigenvalue weighted by Gasteiger charge is 2.40. The minimum Gasteiger partial charge on any atom is -0.449 e. The van der Waals surface area contributed by atoms with Crippen LogP contribution in [0.4, 0.5) is 0 Å². The average Bonchev–Trinajstić information content (AvgIpc) is 3.62. The highest BCUT2D eigenvalue weighted by Crippen LogP contribution is 2.58. The number of benzene rings is 7. The summed E-state index contributed by atoms with van der Waals surface area (Å²) < 4.78 is 13.2. The lowest BCUT2D eigenvalue weighted by Crippen LogP contribution is -2.15. The van der Waals surface area contributed by atoms with Gasteiger partial charge in [-0.1, -0.05) is 155 Å². The maximum Gasteiger partial charge on any atom is 0.178 e. The van der Waals surface area contributed by atoms with Gasteiger partial charge in [0.1, 0.15) is 0 Å². The van der Waals surface area contributed by atoms with Crippen molar-refractivity contribution in [3.8, 4) is 90.3 Å². The standard InChI is InChI=1S/C52H38N2O2/c1-51(2)40-17-11-9-15-38(40)48-41(51)25-27-46-49(48)56-45-26-23-34(29-47(45)55-46)31-18-20-33(21-19-31)44-30-43(32-12-6-5-7-13-32)53-50(54-44)35-22-24-37-36-14-8-10-16-39(36)52(3,4)42(37)28-35/h5-30H,1-4H3. The van der Waals surface area contributed by atoms with E-state index in [1.807, 2.05) is 12.1 Å². The molecule has 0 unspecified atom stereocenters. The van der Waals surface area contributed by atoms with E-state index in [0.29, 0.717) is 17.3 Å². The third-order valence-corrected chi connectivity index (χ3v) is 12.2. The van der Waals surface area contributed by atoms with Gasteiger partial charge in [-0.05, 0) is 80.4 Å². The second-order valence-electron chi connectivity index (χ2n) is 16.2. The Labute approximate surface area is 327 Å². The van der Waals surface area contributed by atoms with Crippen molar-refractivity contribution >= 4 is 0 Å². The van der Waals surface area contributed by atoms with Crippen molar-refractivity contribution in [1.82, 2.24) is 9.97 Å². The zero-order valence-electron chi connectivity index (χ0n) is 31.7. The Bertz CT molecular complexity index is 2910. The number of hydrogen-bond donors (Lipinski definition) is 0. The van der Waals surface area contributed by atoms with Crippen LogP contribution in [0.1, 0.15) is 49.9 Å². The summed E-state index contributed by atoms with van der Waals surface area (Å²) in [4.78, 5) is 10.3. The zero-order valence-corrected chi connectivity index (χ0v) is 31.7. The summed E-state index contributed by atoms with van der Waals surface area (Å²) in [7, 11) is 0. The van der Waals surface area contributed by atoms with Gasteiger partial charge in [0.2, 0.25) is 0 Å². The van der Waals surface area contributed by atoms with Gasteiger partial charge in [0.05, 0.1) is 11.4 Å². The van der Waals surface area contributed by atoms with Crippen LogP contribution in [0.25, 0.3) is 67.3 Å². The van der Waals surface area contributed by atoms with Gasteiger partial charge in [-0.3, -0.25) is 0 Å². The number of rotatable bonds is 4. The first-order valence-electron chi connectivity index (χ1n) is 19.3. The molecule has 11 rings (SSSR count). The van der Waals surface area contributed by atoms with Crippen LogP contribution in [0.3, 0.4) is 0 Å². The Kier molecular flexibility index (Phi) is 6.91. The second kappa shape index (κ2) is 11.9. The summed E-state index contributed by atoms with van der Waals surface area (Å²) in [5, 5.41) is 0. The van der Waals surface area contributed by atoms with E-state index in [2.05, 4.69) is 173 Å². The van der Waals surface area contributed by atoms with Crippen LogP contribution in [-0.4, -0.2) is 9.97 Å². The Morgan fingerprint density at radius 1 is 0.375 bits per heavy atom. The summed E-state index contributed by atoms with van der Waals surface area (Å²) in [5.41, 5.74) is 16.9. The normalized spacial score (nSPS) is 14.6. The van der Waals surface area contributed by atoms with Crippen molar-refractivity contribution in [1.29, 1.82) is 0 Å². The first kappa shape index (κ1) is 32.6. The van der Waals surface area contributed by atoms with Crippen molar-refractivity contribution in [2.75, 3.05) is 0 Å². The topological polar surface area (TPSA) is 44.2 Å². The van der Waals surface area contributed by atoms with E-state index in [0.717, 1.165) is 56.3 Å². The number of nitrogens with zero attached hydrogens (tertiary/aromatic N) is 2. The molecule has 0 radical (unpaired) electrons. The largest absolute Gasteiger partial charge is 0.449 e. The Morgan fingerprint density at radius 3 is 1.71 bits per heavy atom. The summed E-state index contributed by atoms with van der Waals surface area (Å²) in [6, 6.07) is 55.5. The quantitative estimate of drug-likeness (QED) is 0.181. The SMILES string of the molecule is CC1(C)c2ccccc2-c2ccc(-c3nc(-c4ccccc4)cc(-c4ccc(-c5ccc6c(c5)Oc5ccc7c(c5O6)-c5ccccc5C7(C)C)cc4)n3)cc21. The highest BCUT2D eigenvalue weighted by molar-refractivity contribution is 5.88. The van der Waals surface area contributed by atoms with Crippen LogP contribution in [0, 0.1) is 0 Å². The molecule has 2 heterocycles. The fourth-order valence-corrected chi connectivity index (χ4v) is 9.16. The molecule has 1 aliphatic heterocycles. The molecule has 8 aromatic rings. The summed E-state index contributed by atoms with van der Waals surface area (Å²) in [6.07, 6.45) is 0. The Balaban J connectivity index is 0.931. The number of hydrogen-bond acceptors (Lipinski definition) is 4. The molecular formula is C52H38N2O2. The molecule has 2 aliphatic carbocycles. The monoisotopic (exact) mass is 722 g/mol. The van der Waals surface area contributed by atoms with Gasteiger partial charge in [-0.15, -0.1) is 0 Å². The lowest BCUT2D eigenvalue weighted by Gasteiger charge is -2.25. The Hall–Kier alpha value is -6.78. The molecule has 4 nitrogen and oxygen atoms in total. The van der Waals surface area contributed by atoms with E-state index in [4.69, 9.17) is 19.4 Å². The summed E-state index contributed by atoms with van der Waals surface area (Å²) in [5.74, 6) is 3.66. The van der Waals surface area contributed by atoms with Crippen molar-refractivity contribution in [2.45, 2.75) is 38.5 Å². The van der Waals surface area contributed by atoms with Gasteiger partial charge in [-0.25, -0.2) is 9.97 Å². The summed E-state index contributed by atoms with van der Waals surface area (Å²) >= 11 is 0. The molecule has 0 amide bonds. The minimum absolute atomic E-state index is 0.108. The first-order chi connectivity index (χ1) is 27.2. The lowest BCUT2D eigenvalue weighted by molar-refractivity contribution is 0.360. The Morgan fingerprint density at radius 2 is 0.946 bits per heavy atom. The van der Waals surface area contributed by atoms with Crippen LogP contribution < -0.4 is 9.47 Å². The number of ether oxygens (including phenoxy) is 2. The van der Waals surface area contributed by atoms with Gasteiger partial charge >= 0.3 is 0 Å². The van der Waals surface area contributed by atoms with E-state index in [9.17, 15) is 0 Å². The van der Waals surface area contributed by atoms with E-state index in [1.165, 1.54) is 38.9 Å². The molecular weight excluding hydrogens is 685 g/mol.